The van der Waals surface area contributed by atoms with E-state index in [0.717, 1.165) is 6.54 Å². The second-order valence-electron chi connectivity index (χ2n) is 2.72. The summed E-state index contributed by atoms with van der Waals surface area (Å²) in [5.74, 6) is 0. The van der Waals surface area contributed by atoms with Crippen molar-refractivity contribution in [1.82, 2.24) is 0 Å². The van der Waals surface area contributed by atoms with Gasteiger partial charge in [-0.05, 0) is 26.8 Å². The number of aromatic nitrogens is 1. The molecule has 2 heteroatoms. The summed E-state index contributed by atoms with van der Waals surface area (Å²) >= 11 is 0. The highest BCUT2D eigenvalue weighted by Crippen LogP contribution is 1.96. The van der Waals surface area contributed by atoms with Gasteiger partial charge in [-0.1, -0.05) is 0 Å². The maximum atomic E-state index is 2.20. The Labute approximate surface area is 78.8 Å². The molecule has 0 saturated carbocycles. The largest absolute Gasteiger partial charge is 1.00 e. The monoisotopic (exact) mass is 215 g/mol. The van der Waals surface area contributed by atoms with Crippen molar-refractivity contribution < 1.29 is 21.5 Å². The van der Waals surface area contributed by atoms with Gasteiger partial charge in [0.25, 0.3) is 0 Å². The van der Waals surface area contributed by atoms with Crippen LogP contribution in [0.4, 0.5) is 0 Å². The highest BCUT2D eigenvalue weighted by atomic mass is 79.9. The molecular weight excluding hydrogens is 202 g/mol. The first-order valence-electron chi connectivity index (χ1n) is 3.69. The molecule has 1 aromatic heterocycles. The molecule has 0 spiro atoms. The Morgan fingerprint density at radius 3 is 2.00 bits per heavy atom. The second-order valence-corrected chi connectivity index (χ2v) is 2.72. The van der Waals surface area contributed by atoms with E-state index in [9.17, 15) is 0 Å². The fourth-order valence-electron chi connectivity index (χ4n) is 1.18. The second kappa shape index (κ2) is 4.50. The molecule has 0 aromatic carbocycles. The fourth-order valence-corrected chi connectivity index (χ4v) is 1.18. The minimum absolute atomic E-state index is 0. The molecule has 0 amide bonds. The van der Waals surface area contributed by atoms with Gasteiger partial charge in [0.05, 0.1) is 0 Å². The molecule has 1 nitrogen and oxygen atoms in total. The van der Waals surface area contributed by atoms with Crippen molar-refractivity contribution in [3.8, 4) is 0 Å². The Bertz CT molecular complexity index is 213. The molecule has 0 N–H and O–H groups in total. The molecule has 1 aromatic rings. The van der Waals surface area contributed by atoms with Gasteiger partial charge < -0.3 is 17.0 Å². The van der Waals surface area contributed by atoms with Crippen LogP contribution in [0.5, 0.6) is 0 Å². The van der Waals surface area contributed by atoms with Crippen LogP contribution in [0.1, 0.15) is 18.1 Å². The highest BCUT2D eigenvalue weighted by molar-refractivity contribution is 5.11. The fraction of sp³-hybridized carbons (Fsp3) is 0.444. The zero-order valence-electron chi connectivity index (χ0n) is 7.26. The third kappa shape index (κ3) is 3.02. The molecule has 0 radical (unpaired) electrons. The summed E-state index contributed by atoms with van der Waals surface area (Å²) in [6, 6.07) is 2.19. The van der Waals surface area contributed by atoms with Gasteiger partial charge in [0.2, 0.25) is 0 Å². The minimum atomic E-state index is 0. The topological polar surface area (TPSA) is 3.88 Å². The van der Waals surface area contributed by atoms with Crippen molar-refractivity contribution in [2.75, 3.05) is 0 Å². The van der Waals surface area contributed by atoms with Crippen LogP contribution in [-0.2, 0) is 6.54 Å². The van der Waals surface area contributed by atoms with E-state index in [4.69, 9.17) is 0 Å². The standard InChI is InChI=1S/C9H14N.BrH/c1-4-10-6-8(2)5-9(3)7-10;/h5-7H,4H2,1-3H3;1H/q+1;/p-1. The summed E-state index contributed by atoms with van der Waals surface area (Å²) in [4.78, 5) is 0. The lowest BCUT2D eigenvalue weighted by Crippen LogP contribution is -3.00. The zero-order valence-corrected chi connectivity index (χ0v) is 8.85. The Morgan fingerprint density at radius 2 is 1.64 bits per heavy atom. The Morgan fingerprint density at radius 1 is 1.18 bits per heavy atom. The molecule has 1 rings (SSSR count). The van der Waals surface area contributed by atoms with E-state index in [1.165, 1.54) is 11.1 Å². The molecule has 0 aliphatic rings. The number of pyridine rings is 1. The number of hydrogen-bond donors (Lipinski definition) is 0. The van der Waals surface area contributed by atoms with Crippen molar-refractivity contribution in [2.45, 2.75) is 27.3 Å². The SMILES string of the molecule is CC[n+]1cc(C)cc(C)c1.[Br-]. The Balaban J connectivity index is 0.000001000. The highest BCUT2D eigenvalue weighted by Gasteiger charge is 1.97. The van der Waals surface area contributed by atoms with E-state index in [0.29, 0.717) is 0 Å². The van der Waals surface area contributed by atoms with Crippen LogP contribution in [-0.4, -0.2) is 0 Å². The Hall–Kier alpha value is -0.370. The van der Waals surface area contributed by atoms with Crippen molar-refractivity contribution >= 4 is 0 Å². The van der Waals surface area contributed by atoms with Gasteiger partial charge in [-0.25, -0.2) is 4.57 Å². The van der Waals surface area contributed by atoms with E-state index < -0.39 is 0 Å². The quantitative estimate of drug-likeness (QED) is 0.509. The molecular formula is C9H14BrN. The molecule has 62 valence electrons. The van der Waals surface area contributed by atoms with Gasteiger partial charge in [-0.3, -0.25) is 0 Å². The van der Waals surface area contributed by atoms with E-state index in [-0.39, 0.29) is 17.0 Å². The number of rotatable bonds is 1. The third-order valence-electron chi connectivity index (χ3n) is 1.56. The lowest BCUT2D eigenvalue weighted by molar-refractivity contribution is -0.694. The lowest BCUT2D eigenvalue weighted by Gasteiger charge is -1.94. The van der Waals surface area contributed by atoms with Crippen LogP contribution in [0.2, 0.25) is 0 Å². The van der Waals surface area contributed by atoms with Gasteiger partial charge >= 0.3 is 0 Å². The molecule has 0 aliphatic heterocycles. The summed E-state index contributed by atoms with van der Waals surface area (Å²) in [6.45, 7) is 7.46. The average Bonchev–Trinajstić information content (AvgIpc) is 1.85. The Kier molecular flexibility index (Phi) is 4.34. The van der Waals surface area contributed by atoms with E-state index in [1.54, 1.807) is 0 Å². The van der Waals surface area contributed by atoms with Crippen LogP contribution in [0.25, 0.3) is 0 Å². The van der Waals surface area contributed by atoms with Crippen molar-refractivity contribution in [1.29, 1.82) is 0 Å². The van der Waals surface area contributed by atoms with Gasteiger partial charge in [0.1, 0.15) is 6.54 Å². The molecule has 1 heterocycles. The number of aryl methyl sites for hydroxylation is 3. The molecule has 11 heavy (non-hydrogen) atoms. The molecule has 0 aliphatic carbocycles. The minimum Gasteiger partial charge on any atom is -1.00 e. The first-order valence-corrected chi connectivity index (χ1v) is 3.69. The maximum Gasteiger partial charge on any atom is 0.171 e. The van der Waals surface area contributed by atoms with Crippen LogP contribution in [0.3, 0.4) is 0 Å². The van der Waals surface area contributed by atoms with Gasteiger partial charge in [0.15, 0.2) is 12.4 Å². The summed E-state index contributed by atoms with van der Waals surface area (Å²) in [7, 11) is 0. The van der Waals surface area contributed by atoms with Crippen molar-refractivity contribution in [3.63, 3.8) is 0 Å². The number of nitrogens with zero attached hydrogens (tertiary/aromatic N) is 1. The third-order valence-corrected chi connectivity index (χ3v) is 1.56. The average molecular weight is 216 g/mol. The summed E-state index contributed by atoms with van der Waals surface area (Å²) in [5, 5.41) is 0. The molecule has 0 bridgehead atoms. The van der Waals surface area contributed by atoms with Crippen LogP contribution < -0.4 is 21.5 Å². The maximum absolute atomic E-state index is 2.20. The number of hydrogen-bond acceptors (Lipinski definition) is 0. The summed E-state index contributed by atoms with van der Waals surface area (Å²) in [5.41, 5.74) is 2.67. The van der Waals surface area contributed by atoms with Gasteiger partial charge in [-0.15, -0.1) is 0 Å². The number of halogens is 1. The van der Waals surface area contributed by atoms with Crippen molar-refractivity contribution in [3.05, 3.63) is 29.6 Å². The molecule has 0 atom stereocenters. The molecule has 0 unspecified atom stereocenters. The van der Waals surface area contributed by atoms with Gasteiger partial charge in [0, 0.05) is 11.1 Å². The predicted octanol–water partition coefficient (Wildman–Crippen LogP) is -1.39. The summed E-state index contributed by atoms with van der Waals surface area (Å²) in [6.07, 6.45) is 4.32. The zero-order chi connectivity index (χ0) is 7.56. The molecule has 0 fully saturated rings. The molecule has 0 saturated heterocycles. The lowest BCUT2D eigenvalue weighted by atomic mass is 10.2. The first kappa shape index (κ1) is 10.6. The van der Waals surface area contributed by atoms with Crippen molar-refractivity contribution in [2.24, 2.45) is 0 Å². The van der Waals surface area contributed by atoms with Crippen LogP contribution >= 0.6 is 0 Å². The van der Waals surface area contributed by atoms with E-state index in [2.05, 4.69) is 43.8 Å². The van der Waals surface area contributed by atoms with E-state index in [1.807, 2.05) is 0 Å². The van der Waals surface area contributed by atoms with E-state index >= 15 is 0 Å². The normalized spacial score (nSPS) is 9.00. The first-order chi connectivity index (χ1) is 4.72. The smallest absolute Gasteiger partial charge is 0.171 e. The predicted molar refractivity (Wildman–Crippen MR) is 41.8 cm³/mol. The summed E-state index contributed by atoms with van der Waals surface area (Å²) < 4.78 is 2.20. The van der Waals surface area contributed by atoms with Gasteiger partial charge in [-0.2, -0.15) is 0 Å². The van der Waals surface area contributed by atoms with Crippen LogP contribution in [0, 0.1) is 13.8 Å². The van der Waals surface area contributed by atoms with Crippen LogP contribution in [0.15, 0.2) is 18.5 Å².